The number of hydrogen-bond acceptors (Lipinski definition) is 6. The number of amides is 1. The molecule has 2 aromatic heterocycles. The summed E-state index contributed by atoms with van der Waals surface area (Å²) in [7, 11) is 0. The molecule has 32 heavy (non-hydrogen) atoms. The highest BCUT2D eigenvalue weighted by Crippen LogP contribution is 2.30. The summed E-state index contributed by atoms with van der Waals surface area (Å²) in [6.07, 6.45) is 0. The first-order valence-corrected chi connectivity index (χ1v) is 11.8. The molecule has 1 aliphatic heterocycles. The molecule has 2 aromatic carbocycles. The molecule has 1 amide bonds. The van der Waals surface area contributed by atoms with Crippen molar-refractivity contribution >= 4 is 51.3 Å². The molecule has 6 nitrogen and oxygen atoms in total. The van der Waals surface area contributed by atoms with Gasteiger partial charge in [0, 0.05) is 31.6 Å². The standard InChI is InChI=1S/C24H22ClN5OS/c25-18-7-2-4-9-20(18)26-22(31)16-29-11-13-30(14-12-29)24-17-6-1-3-8-19(17)27-23(28-24)21-10-5-15-32-21/h1-10,15H,11-14,16H2,(H,26,31). The zero-order valence-corrected chi connectivity index (χ0v) is 18.9. The van der Waals surface area contributed by atoms with Gasteiger partial charge in [0.2, 0.25) is 5.91 Å². The van der Waals surface area contributed by atoms with Crippen LogP contribution < -0.4 is 10.2 Å². The third kappa shape index (κ3) is 4.46. The number of carbonyl (C=O) groups is 1. The van der Waals surface area contributed by atoms with E-state index in [1.54, 1.807) is 17.4 Å². The van der Waals surface area contributed by atoms with Crippen LogP contribution in [0, 0.1) is 0 Å². The van der Waals surface area contributed by atoms with Crippen molar-refractivity contribution in [3.05, 3.63) is 71.1 Å². The Morgan fingerprint density at radius 1 is 0.969 bits per heavy atom. The zero-order valence-electron chi connectivity index (χ0n) is 17.4. The average molecular weight is 464 g/mol. The molecule has 1 saturated heterocycles. The van der Waals surface area contributed by atoms with Crippen molar-refractivity contribution < 1.29 is 4.79 Å². The van der Waals surface area contributed by atoms with Crippen LogP contribution in [-0.2, 0) is 4.79 Å². The summed E-state index contributed by atoms with van der Waals surface area (Å²) in [5.41, 5.74) is 1.59. The van der Waals surface area contributed by atoms with E-state index in [0.717, 1.165) is 53.6 Å². The van der Waals surface area contributed by atoms with Gasteiger partial charge in [0.05, 0.1) is 27.6 Å². The highest BCUT2D eigenvalue weighted by molar-refractivity contribution is 7.13. The van der Waals surface area contributed by atoms with Crippen molar-refractivity contribution in [2.45, 2.75) is 0 Å². The van der Waals surface area contributed by atoms with Gasteiger partial charge in [-0.1, -0.05) is 41.9 Å². The number of fused-ring (bicyclic) bond motifs is 1. The van der Waals surface area contributed by atoms with Crippen LogP contribution in [0.15, 0.2) is 66.0 Å². The maximum absolute atomic E-state index is 12.5. The van der Waals surface area contributed by atoms with Gasteiger partial charge in [-0.25, -0.2) is 9.97 Å². The second kappa shape index (κ2) is 9.24. The van der Waals surface area contributed by atoms with Gasteiger partial charge in [0.15, 0.2) is 5.82 Å². The van der Waals surface area contributed by atoms with Crippen LogP contribution >= 0.6 is 22.9 Å². The monoisotopic (exact) mass is 463 g/mol. The number of nitrogens with one attached hydrogen (secondary N) is 1. The molecule has 0 saturated carbocycles. The lowest BCUT2D eigenvalue weighted by Crippen LogP contribution is -2.49. The van der Waals surface area contributed by atoms with Gasteiger partial charge in [-0.2, -0.15) is 0 Å². The van der Waals surface area contributed by atoms with E-state index in [-0.39, 0.29) is 5.91 Å². The van der Waals surface area contributed by atoms with E-state index in [2.05, 4.69) is 21.2 Å². The molecular formula is C24H22ClN5OS. The fraction of sp³-hybridized carbons (Fsp3) is 0.208. The second-order valence-electron chi connectivity index (χ2n) is 7.66. The van der Waals surface area contributed by atoms with E-state index in [4.69, 9.17) is 21.6 Å². The van der Waals surface area contributed by atoms with Crippen LogP contribution in [0.5, 0.6) is 0 Å². The normalized spacial score (nSPS) is 14.6. The smallest absolute Gasteiger partial charge is 0.238 e. The van der Waals surface area contributed by atoms with E-state index in [9.17, 15) is 4.79 Å². The molecule has 0 unspecified atom stereocenters. The van der Waals surface area contributed by atoms with E-state index in [0.29, 0.717) is 17.3 Å². The number of thiophene rings is 1. The van der Waals surface area contributed by atoms with E-state index in [1.807, 2.05) is 53.9 Å². The van der Waals surface area contributed by atoms with Crippen molar-refractivity contribution in [1.29, 1.82) is 0 Å². The summed E-state index contributed by atoms with van der Waals surface area (Å²) < 4.78 is 0. The van der Waals surface area contributed by atoms with Gasteiger partial charge < -0.3 is 10.2 Å². The molecule has 162 valence electrons. The Kier molecular flexibility index (Phi) is 6.03. The first-order chi connectivity index (χ1) is 15.7. The van der Waals surface area contributed by atoms with Crippen molar-refractivity contribution in [2.24, 2.45) is 0 Å². The number of benzene rings is 2. The van der Waals surface area contributed by atoms with Crippen molar-refractivity contribution in [2.75, 3.05) is 42.9 Å². The van der Waals surface area contributed by atoms with Crippen LogP contribution in [0.4, 0.5) is 11.5 Å². The summed E-state index contributed by atoms with van der Waals surface area (Å²) in [6.45, 7) is 3.49. The Bertz CT molecular complexity index is 1240. The lowest BCUT2D eigenvalue weighted by Gasteiger charge is -2.35. The molecule has 8 heteroatoms. The maximum Gasteiger partial charge on any atom is 0.238 e. The molecule has 0 radical (unpaired) electrons. The molecule has 3 heterocycles. The Balaban J connectivity index is 1.29. The molecule has 0 aliphatic carbocycles. The minimum absolute atomic E-state index is 0.0565. The predicted octanol–water partition coefficient (Wildman–Crippen LogP) is 4.77. The molecular weight excluding hydrogens is 442 g/mol. The van der Waals surface area contributed by atoms with Gasteiger partial charge in [-0.05, 0) is 35.7 Å². The summed E-state index contributed by atoms with van der Waals surface area (Å²) >= 11 is 7.79. The average Bonchev–Trinajstić information content (AvgIpc) is 3.36. The highest BCUT2D eigenvalue weighted by Gasteiger charge is 2.22. The highest BCUT2D eigenvalue weighted by atomic mass is 35.5. The zero-order chi connectivity index (χ0) is 21.9. The van der Waals surface area contributed by atoms with Crippen molar-refractivity contribution in [1.82, 2.24) is 14.9 Å². The molecule has 0 atom stereocenters. The quantitative estimate of drug-likeness (QED) is 0.462. The number of aromatic nitrogens is 2. The summed E-state index contributed by atoms with van der Waals surface area (Å²) in [5, 5.41) is 6.54. The number of rotatable bonds is 5. The summed E-state index contributed by atoms with van der Waals surface area (Å²) in [4.78, 5) is 27.7. The largest absolute Gasteiger partial charge is 0.353 e. The number of nitrogens with zero attached hydrogens (tertiary/aromatic N) is 4. The maximum atomic E-state index is 12.5. The van der Waals surface area contributed by atoms with Crippen LogP contribution in [0.2, 0.25) is 5.02 Å². The van der Waals surface area contributed by atoms with Gasteiger partial charge in [0.1, 0.15) is 5.82 Å². The predicted molar refractivity (Wildman–Crippen MR) is 132 cm³/mol. The van der Waals surface area contributed by atoms with Crippen LogP contribution in [-0.4, -0.2) is 53.5 Å². The molecule has 1 N–H and O–H groups in total. The van der Waals surface area contributed by atoms with Gasteiger partial charge in [-0.3, -0.25) is 9.69 Å². The van der Waals surface area contributed by atoms with E-state index >= 15 is 0 Å². The molecule has 1 fully saturated rings. The van der Waals surface area contributed by atoms with E-state index < -0.39 is 0 Å². The summed E-state index contributed by atoms with van der Waals surface area (Å²) in [6, 6.07) is 19.5. The fourth-order valence-corrected chi connectivity index (χ4v) is 4.73. The third-order valence-corrected chi connectivity index (χ3v) is 6.71. The Hall–Kier alpha value is -3.00. The molecule has 5 rings (SSSR count). The number of para-hydroxylation sites is 2. The van der Waals surface area contributed by atoms with Crippen LogP contribution in [0.25, 0.3) is 21.6 Å². The van der Waals surface area contributed by atoms with Crippen molar-refractivity contribution in [3.8, 4) is 10.7 Å². The van der Waals surface area contributed by atoms with Gasteiger partial charge in [-0.15, -0.1) is 11.3 Å². The SMILES string of the molecule is O=C(CN1CCN(c2nc(-c3cccs3)nc3ccccc23)CC1)Nc1ccccc1Cl. The first-order valence-electron chi connectivity index (χ1n) is 10.5. The summed E-state index contributed by atoms with van der Waals surface area (Å²) in [5.74, 6) is 1.66. The second-order valence-corrected chi connectivity index (χ2v) is 9.01. The minimum Gasteiger partial charge on any atom is -0.353 e. The number of anilines is 2. The molecule has 4 aromatic rings. The number of hydrogen-bond donors (Lipinski definition) is 1. The van der Waals surface area contributed by atoms with Crippen LogP contribution in [0.3, 0.4) is 0 Å². The Labute approximate surface area is 195 Å². The minimum atomic E-state index is -0.0565. The first kappa shape index (κ1) is 20.9. The Morgan fingerprint density at radius 2 is 1.75 bits per heavy atom. The number of halogens is 1. The fourth-order valence-electron chi connectivity index (χ4n) is 3.89. The molecule has 0 bridgehead atoms. The van der Waals surface area contributed by atoms with E-state index in [1.165, 1.54) is 0 Å². The van der Waals surface area contributed by atoms with Crippen molar-refractivity contribution in [3.63, 3.8) is 0 Å². The number of piperazine rings is 1. The third-order valence-electron chi connectivity index (χ3n) is 5.51. The number of carbonyl (C=O) groups excluding carboxylic acids is 1. The van der Waals surface area contributed by atoms with Gasteiger partial charge >= 0.3 is 0 Å². The van der Waals surface area contributed by atoms with Gasteiger partial charge in [0.25, 0.3) is 0 Å². The Morgan fingerprint density at radius 3 is 2.53 bits per heavy atom. The topological polar surface area (TPSA) is 61.4 Å². The van der Waals surface area contributed by atoms with Crippen LogP contribution in [0.1, 0.15) is 0 Å². The lowest BCUT2D eigenvalue weighted by atomic mass is 10.2. The molecule has 1 aliphatic rings. The lowest BCUT2D eigenvalue weighted by molar-refractivity contribution is -0.117. The molecule has 0 spiro atoms.